The number of carbonyl (C=O) groups is 2. The van der Waals surface area contributed by atoms with Gasteiger partial charge in [-0.3, -0.25) is 0 Å². The molecule has 0 unspecified atom stereocenters. The molecule has 0 spiro atoms. The topological polar surface area (TPSA) is 65.0 Å². The normalized spacial score (nSPS) is 14.4. The van der Waals surface area contributed by atoms with Crippen molar-refractivity contribution in [2.75, 3.05) is 0 Å². The van der Waals surface area contributed by atoms with E-state index in [1.165, 1.54) is 24.3 Å². The molecule has 0 saturated heterocycles. The first-order valence-electron chi connectivity index (χ1n) is 9.16. The van der Waals surface area contributed by atoms with Crippen molar-refractivity contribution in [2.24, 2.45) is 4.99 Å². The molecule has 0 saturated carbocycles. The van der Waals surface area contributed by atoms with Gasteiger partial charge in [-0.25, -0.2) is 19.0 Å². The summed E-state index contributed by atoms with van der Waals surface area (Å²) in [5, 5.41) is 0. The molecule has 0 fully saturated rings. The van der Waals surface area contributed by atoms with Crippen molar-refractivity contribution >= 4 is 23.9 Å². The van der Waals surface area contributed by atoms with Crippen molar-refractivity contribution in [2.45, 2.75) is 6.92 Å². The van der Waals surface area contributed by atoms with E-state index >= 15 is 0 Å². The van der Waals surface area contributed by atoms with Crippen molar-refractivity contribution in [3.8, 4) is 5.75 Å². The Bertz CT molecular complexity index is 1200. The maximum absolute atomic E-state index is 13.8. The van der Waals surface area contributed by atoms with E-state index in [0.717, 1.165) is 5.56 Å². The fraction of sp³-hybridized carbons (Fsp3) is 0.0417. The van der Waals surface area contributed by atoms with Gasteiger partial charge < -0.3 is 9.47 Å². The van der Waals surface area contributed by atoms with Crippen LogP contribution in [-0.2, 0) is 9.53 Å². The van der Waals surface area contributed by atoms with Crippen LogP contribution in [0.5, 0.6) is 5.75 Å². The van der Waals surface area contributed by atoms with Gasteiger partial charge in [0.05, 0.1) is 5.56 Å². The van der Waals surface area contributed by atoms with Gasteiger partial charge in [0.2, 0.25) is 5.90 Å². The molecule has 0 radical (unpaired) electrons. The minimum atomic E-state index is -0.808. The van der Waals surface area contributed by atoms with Crippen molar-refractivity contribution in [1.82, 2.24) is 0 Å². The molecule has 6 heteroatoms. The van der Waals surface area contributed by atoms with Crippen LogP contribution < -0.4 is 4.74 Å². The predicted molar refractivity (Wildman–Crippen MR) is 110 cm³/mol. The number of rotatable bonds is 4. The number of halogens is 1. The van der Waals surface area contributed by atoms with Crippen molar-refractivity contribution < 1.29 is 23.5 Å². The van der Waals surface area contributed by atoms with E-state index in [4.69, 9.17) is 9.47 Å². The van der Waals surface area contributed by atoms with Crippen LogP contribution in [0.2, 0.25) is 0 Å². The van der Waals surface area contributed by atoms with Crippen molar-refractivity contribution in [3.05, 3.63) is 107 Å². The second-order valence-corrected chi connectivity index (χ2v) is 6.64. The molecule has 148 valence electrons. The molecule has 30 heavy (non-hydrogen) atoms. The largest absolute Gasteiger partial charge is 0.423 e. The minimum Gasteiger partial charge on any atom is -0.423 e. The standard InChI is InChI=1S/C24H16FNO4/c1-15-9-11-17(12-10-15)22-26-21(24(28)30-22)14-16-5-4-6-18(13-16)29-23(27)19-7-2-3-8-20(19)25/h2-14H,1H3/b21-14+. The first-order valence-corrected chi connectivity index (χ1v) is 9.16. The van der Waals surface area contributed by atoms with Crippen LogP contribution in [0.15, 0.2) is 83.5 Å². The third kappa shape index (κ3) is 4.17. The summed E-state index contributed by atoms with van der Waals surface area (Å²) in [6, 6.07) is 19.5. The Balaban J connectivity index is 1.56. The third-order valence-corrected chi connectivity index (χ3v) is 4.38. The fourth-order valence-corrected chi connectivity index (χ4v) is 2.84. The molecular weight excluding hydrogens is 385 g/mol. The van der Waals surface area contributed by atoms with Crippen LogP contribution in [0.25, 0.3) is 6.08 Å². The molecule has 4 rings (SSSR count). The first kappa shape index (κ1) is 19.3. The lowest BCUT2D eigenvalue weighted by Gasteiger charge is -2.06. The summed E-state index contributed by atoms with van der Waals surface area (Å²) in [6.07, 6.45) is 1.53. The first-order chi connectivity index (χ1) is 14.5. The Morgan fingerprint density at radius 2 is 1.80 bits per heavy atom. The highest BCUT2D eigenvalue weighted by molar-refractivity contribution is 6.12. The number of hydrogen-bond acceptors (Lipinski definition) is 5. The van der Waals surface area contributed by atoms with Crippen LogP contribution in [0.4, 0.5) is 4.39 Å². The minimum absolute atomic E-state index is 0.128. The highest BCUT2D eigenvalue weighted by Crippen LogP contribution is 2.22. The highest BCUT2D eigenvalue weighted by Gasteiger charge is 2.24. The number of hydrogen-bond donors (Lipinski definition) is 0. The third-order valence-electron chi connectivity index (χ3n) is 4.38. The van der Waals surface area contributed by atoms with Crippen molar-refractivity contribution in [3.63, 3.8) is 0 Å². The lowest BCUT2D eigenvalue weighted by molar-refractivity contribution is -0.129. The van der Waals surface area contributed by atoms with Gasteiger partial charge in [0.25, 0.3) is 0 Å². The zero-order valence-electron chi connectivity index (χ0n) is 16.0. The molecule has 0 bridgehead atoms. The Morgan fingerprint density at radius 1 is 1.03 bits per heavy atom. The molecule has 3 aromatic rings. The number of esters is 2. The molecule has 0 atom stereocenters. The lowest BCUT2D eigenvalue weighted by atomic mass is 10.1. The van der Waals surface area contributed by atoms with Crippen LogP contribution >= 0.6 is 0 Å². The van der Waals surface area contributed by atoms with E-state index in [9.17, 15) is 14.0 Å². The summed E-state index contributed by atoms with van der Waals surface area (Å²) >= 11 is 0. The highest BCUT2D eigenvalue weighted by atomic mass is 19.1. The maximum Gasteiger partial charge on any atom is 0.363 e. The summed E-state index contributed by atoms with van der Waals surface area (Å²) in [7, 11) is 0. The lowest BCUT2D eigenvalue weighted by Crippen LogP contribution is -2.10. The number of cyclic esters (lactones) is 1. The second kappa shape index (κ2) is 8.13. The number of ether oxygens (including phenoxy) is 2. The maximum atomic E-state index is 13.8. The average molecular weight is 401 g/mol. The van der Waals surface area contributed by atoms with Crippen molar-refractivity contribution in [1.29, 1.82) is 0 Å². The van der Waals surface area contributed by atoms with Crippen LogP contribution in [0, 0.1) is 12.7 Å². The van der Waals surface area contributed by atoms with E-state index in [-0.39, 0.29) is 22.9 Å². The summed E-state index contributed by atoms with van der Waals surface area (Å²) < 4.78 is 24.3. The molecule has 0 aromatic heterocycles. The summed E-state index contributed by atoms with van der Waals surface area (Å²) in [6.45, 7) is 1.96. The van der Waals surface area contributed by atoms with Gasteiger partial charge in [0.15, 0.2) is 5.70 Å². The van der Waals surface area contributed by atoms with E-state index in [1.54, 1.807) is 30.3 Å². The number of benzene rings is 3. The molecule has 1 aliphatic rings. The van der Waals surface area contributed by atoms with Gasteiger partial charge in [-0.2, -0.15) is 0 Å². The second-order valence-electron chi connectivity index (χ2n) is 6.64. The number of nitrogens with zero attached hydrogens (tertiary/aromatic N) is 1. The molecule has 0 N–H and O–H groups in total. The van der Waals surface area contributed by atoms with Crippen LogP contribution in [0.1, 0.15) is 27.0 Å². The Kier molecular flexibility index (Phi) is 5.22. The summed E-state index contributed by atoms with van der Waals surface area (Å²) in [5.41, 5.74) is 2.33. The van der Waals surface area contributed by atoms with Gasteiger partial charge in [0, 0.05) is 5.56 Å². The summed E-state index contributed by atoms with van der Waals surface area (Å²) in [5.74, 6) is -1.59. The zero-order valence-corrected chi connectivity index (χ0v) is 16.0. The van der Waals surface area contributed by atoms with Crippen LogP contribution in [0.3, 0.4) is 0 Å². The number of aliphatic imine (C=N–C) groups is 1. The monoisotopic (exact) mass is 401 g/mol. The number of carbonyl (C=O) groups excluding carboxylic acids is 2. The molecule has 0 aliphatic carbocycles. The molecule has 1 aliphatic heterocycles. The van der Waals surface area contributed by atoms with E-state index in [0.29, 0.717) is 11.1 Å². The molecule has 0 amide bonds. The predicted octanol–water partition coefficient (Wildman–Crippen LogP) is 4.70. The SMILES string of the molecule is Cc1ccc(C2=N/C(=C/c3cccc(OC(=O)c4ccccc4F)c3)C(=O)O2)cc1. The zero-order chi connectivity index (χ0) is 21.1. The van der Waals surface area contributed by atoms with Gasteiger partial charge >= 0.3 is 11.9 Å². The van der Waals surface area contributed by atoms with Gasteiger partial charge in [-0.05, 0) is 55.0 Å². The quantitative estimate of drug-likeness (QED) is 0.361. The van der Waals surface area contributed by atoms with E-state index in [1.807, 2.05) is 31.2 Å². The Morgan fingerprint density at radius 3 is 2.57 bits per heavy atom. The van der Waals surface area contributed by atoms with E-state index in [2.05, 4.69) is 4.99 Å². The van der Waals surface area contributed by atoms with Gasteiger partial charge in [-0.1, -0.05) is 42.0 Å². The fourth-order valence-electron chi connectivity index (χ4n) is 2.84. The molecule has 1 heterocycles. The van der Waals surface area contributed by atoms with E-state index < -0.39 is 17.8 Å². The Labute approximate surface area is 172 Å². The smallest absolute Gasteiger partial charge is 0.363 e. The Hall–Kier alpha value is -4.06. The molecule has 3 aromatic carbocycles. The summed E-state index contributed by atoms with van der Waals surface area (Å²) in [4.78, 5) is 28.6. The molecule has 5 nitrogen and oxygen atoms in total. The number of aryl methyl sites for hydroxylation is 1. The van der Waals surface area contributed by atoms with Gasteiger partial charge in [-0.15, -0.1) is 0 Å². The van der Waals surface area contributed by atoms with Gasteiger partial charge in [0.1, 0.15) is 11.6 Å². The average Bonchev–Trinajstić information content (AvgIpc) is 3.09. The van der Waals surface area contributed by atoms with Crippen LogP contribution in [-0.4, -0.2) is 17.8 Å². The molecular formula is C24H16FNO4.